The lowest BCUT2D eigenvalue weighted by Crippen LogP contribution is -2.44. The second-order valence-corrected chi connectivity index (χ2v) is 8.19. The molecule has 0 amide bonds. The number of fused-ring (bicyclic) bond motifs is 1. The molecule has 31 heavy (non-hydrogen) atoms. The van der Waals surface area contributed by atoms with Crippen molar-refractivity contribution in [1.82, 2.24) is 20.1 Å². The third kappa shape index (κ3) is 6.39. The smallest absolute Gasteiger partial charge is 0.253 e. The number of rotatable bonds is 9. The first-order chi connectivity index (χ1) is 15.0. The Bertz CT molecular complexity index is 1060. The summed E-state index contributed by atoms with van der Waals surface area (Å²) < 4.78 is 0. The number of aromatic nitrogens is 1. The van der Waals surface area contributed by atoms with Crippen molar-refractivity contribution in [2.45, 2.75) is 33.9 Å². The van der Waals surface area contributed by atoms with Crippen LogP contribution in [0.3, 0.4) is 0 Å². The van der Waals surface area contributed by atoms with Crippen molar-refractivity contribution >= 4 is 28.2 Å². The molecular formula is C25H32N4OS. The van der Waals surface area contributed by atoms with Crippen LogP contribution in [0.15, 0.2) is 59.4 Å². The van der Waals surface area contributed by atoms with Crippen LogP contribution < -0.4 is 10.9 Å². The normalized spacial score (nSPS) is 11.1. The van der Waals surface area contributed by atoms with E-state index >= 15 is 0 Å². The second-order valence-electron chi connectivity index (χ2n) is 7.81. The fourth-order valence-corrected chi connectivity index (χ4v) is 3.86. The van der Waals surface area contributed by atoms with E-state index in [4.69, 9.17) is 12.2 Å². The van der Waals surface area contributed by atoms with Crippen LogP contribution in [-0.4, -0.2) is 46.1 Å². The van der Waals surface area contributed by atoms with Crippen molar-refractivity contribution < 1.29 is 0 Å². The molecule has 1 aromatic heterocycles. The molecule has 0 aliphatic carbocycles. The minimum absolute atomic E-state index is 0.0601. The molecule has 0 saturated heterocycles. The Morgan fingerprint density at radius 2 is 1.77 bits per heavy atom. The predicted octanol–water partition coefficient (Wildman–Crippen LogP) is 4.06. The summed E-state index contributed by atoms with van der Waals surface area (Å²) in [5.41, 5.74) is 3.87. The Kier molecular flexibility index (Phi) is 8.20. The van der Waals surface area contributed by atoms with Gasteiger partial charge in [0, 0.05) is 30.7 Å². The number of aryl methyl sites for hydroxylation is 1. The maximum atomic E-state index is 12.7. The van der Waals surface area contributed by atoms with Gasteiger partial charge in [-0.3, -0.25) is 4.79 Å². The maximum Gasteiger partial charge on any atom is 0.253 e. The molecule has 1 heterocycles. The molecule has 164 valence electrons. The highest BCUT2D eigenvalue weighted by atomic mass is 32.1. The van der Waals surface area contributed by atoms with Gasteiger partial charge in [0.05, 0.1) is 6.54 Å². The average Bonchev–Trinajstić information content (AvgIpc) is 2.78. The molecule has 2 N–H and O–H groups in total. The molecule has 0 aliphatic heterocycles. The molecule has 0 atom stereocenters. The zero-order valence-corrected chi connectivity index (χ0v) is 19.5. The second kappa shape index (κ2) is 11.1. The minimum atomic E-state index is -0.0601. The summed E-state index contributed by atoms with van der Waals surface area (Å²) in [5.74, 6) is 0. The minimum Gasteiger partial charge on any atom is -0.358 e. The zero-order chi connectivity index (χ0) is 22.2. The number of hydrogen-bond acceptors (Lipinski definition) is 3. The van der Waals surface area contributed by atoms with E-state index in [1.807, 2.05) is 36.4 Å². The molecule has 0 radical (unpaired) electrons. The van der Waals surface area contributed by atoms with Gasteiger partial charge in [0.15, 0.2) is 5.11 Å². The molecule has 0 unspecified atom stereocenters. The maximum absolute atomic E-state index is 12.7. The summed E-state index contributed by atoms with van der Waals surface area (Å²) in [4.78, 5) is 20.2. The van der Waals surface area contributed by atoms with Gasteiger partial charge in [-0.05, 0) is 61.4 Å². The Balaban J connectivity index is 1.79. The molecule has 3 aromatic rings. The topological polar surface area (TPSA) is 51.4 Å². The summed E-state index contributed by atoms with van der Waals surface area (Å²) >= 11 is 5.74. The lowest BCUT2D eigenvalue weighted by Gasteiger charge is -2.29. The fraction of sp³-hybridized carbons (Fsp3) is 0.360. The van der Waals surface area contributed by atoms with Gasteiger partial charge in [0.2, 0.25) is 0 Å². The van der Waals surface area contributed by atoms with Gasteiger partial charge in [0.25, 0.3) is 5.56 Å². The van der Waals surface area contributed by atoms with Crippen molar-refractivity contribution in [1.29, 1.82) is 0 Å². The van der Waals surface area contributed by atoms with Gasteiger partial charge < -0.3 is 20.1 Å². The zero-order valence-electron chi connectivity index (χ0n) is 18.6. The van der Waals surface area contributed by atoms with Crippen molar-refractivity contribution in [3.05, 3.63) is 81.6 Å². The molecule has 0 fully saturated rings. The lowest BCUT2D eigenvalue weighted by atomic mass is 10.1. The number of aromatic amines is 1. The van der Waals surface area contributed by atoms with Crippen LogP contribution in [0.25, 0.3) is 10.9 Å². The van der Waals surface area contributed by atoms with Crippen molar-refractivity contribution in [3.8, 4) is 0 Å². The van der Waals surface area contributed by atoms with Gasteiger partial charge in [-0.15, -0.1) is 0 Å². The van der Waals surface area contributed by atoms with Crippen molar-refractivity contribution in [2.24, 2.45) is 0 Å². The standard InChI is InChI=1S/C25H32N4OS/c1-4-28(5-2)13-14-29(25(31)26-17-20-9-7-6-8-10-20)18-22-16-21-15-19(3)11-12-23(21)27-24(22)30/h6-12,15-16H,4-5,13-14,17-18H2,1-3H3,(H,26,31)(H,27,30). The van der Waals surface area contributed by atoms with Crippen LogP contribution in [0, 0.1) is 6.92 Å². The van der Waals surface area contributed by atoms with Crippen molar-refractivity contribution in [3.63, 3.8) is 0 Å². The molecule has 3 rings (SSSR count). The number of hydrogen-bond donors (Lipinski definition) is 2. The number of pyridine rings is 1. The fourth-order valence-electron chi connectivity index (χ4n) is 3.63. The molecule has 5 nitrogen and oxygen atoms in total. The summed E-state index contributed by atoms with van der Waals surface area (Å²) in [6.07, 6.45) is 0. The van der Waals surface area contributed by atoms with Crippen molar-refractivity contribution in [2.75, 3.05) is 26.2 Å². The highest BCUT2D eigenvalue weighted by Gasteiger charge is 2.14. The van der Waals surface area contributed by atoms with Crippen LogP contribution in [0.1, 0.15) is 30.5 Å². The van der Waals surface area contributed by atoms with Gasteiger partial charge in [-0.2, -0.15) is 0 Å². The molecule has 0 spiro atoms. The van der Waals surface area contributed by atoms with E-state index in [0.29, 0.717) is 18.2 Å². The number of nitrogens with one attached hydrogen (secondary N) is 2. The summed E-state index contributed by atoms with van der Waals surface area (Å²) in [6, 6.07) is 18.3. The SMILES string of the molecule is CCN(CC)CCN(Cc1cc2cc(C)ccc2[nH]c1=O)C(=S)NCc1ccccc1. The van der Waals surface area contributed by atoms with E-state index in [0.717, 1.165) is 42.6 Å². The highest BCUT2D eigenvalue weighted by molar-refractivity contribution is 7.80. The van der Waals surface area contributed by atoms with Gasteiger partial charge in [-0.1, -0.05) is 55.8 Å². The summed E-state index contributed by atoms with van der Waals surface area (Å²) in [6.45, 7) is 11.2. The van der Waals surface area contributed by atoms with E-state index in [9.17, 15) is 4.79 Å². The van der Waals surface area contributed by atoms with E-state index in [1.165, 1.54) is 11.1 Å². The van der Waals surface area contributed by atoms with E-state index in [1.54, 1.807) is 0 Å². The number of thiocarbonyl (C=S) groups is 1. The summed E-state index contributed by atoms with van der Waals surface area (Å²) in [5, 5.41) is 5.08. The van der Waals surface area contributed by atoms with E-state index < -0.39 is 0 Å². The number of likely N-dealkylation sites (N-methyl/N-ethyl adjacent to an activating group) is 1. The van der Waals surface area contributed by atoms with Crippen LogP contribution in [0.5, 0.6) is 0 Å². The molecule has 0 bridgehead atoms. The monoisotopic (exact) mass is 436 g/mol. The van der Waals surface area contributed by atoms with Crippen LogP contribution in [-0.2, 0) is 13.1 Å². The summed E-state index contributed by atoms with van der Waals surface area (Å²) in [7, 11) is 0. The largest absolute Gasteiger partial charge is 0.358 e. The molecule has 6 heteroatoms. The van der Waals surface area contributed by atoms with Crippen LogP contribution in [0.2, 0.25) is 0 Å². The molecule has 0 saturated carbocycles. The van der Waals surface area contributed by atoms with Gasteiger partial charge in [-0.25, -0.2) is 0 Å². The first kappa shape index (κ1) is 23.0. The number of benzene rings is 2. The molecule has 2 aromatic carbocycles. The van der Waals surface area contributed by atoms with Crippen LogP contribution >= 0.6 is 12.2 Å². The number of nitrogens with zero attached hydrogens (tertiary/aromatic N) is 2. The first-order valence-electron chi connectivity index (χ1n) is 10.9. The molecule has 0 aliphatic rings. The van der Waals surface area contributed by atoms with Crippen LogP contribution in [0.4, 0.5) is 0 Å². The Morgan fingerprint density at radius 3 is 2.48 bits per heavy atom. The predicted molar refractivity (Wildman–Crippen MR) is 133 cm³/mol. The average molecular weight is 437 g/mol. The van der Waals surface area contributed by atoms with Gasteiger partial charge >= 0.3 is 0 Å². The third-order valence-electron chi connectivity index (χ3n) is 5.59. The Morgan fingerprint density at radius 1 is 1.03 bits per heavy atom. The van der Waals surface area contributed by atoms with E-state index in [-0.39, 0.29) is 5.56 Å². The third-order valence-corrected chi connectivity index (χ3v) is 5.99. The Hall–Kier alpha value is -2.70. The molecular weight excluding hydrogens is 404 g/mol. The first-order valence-corrected chi connectivity index (χ1v) is 11.3. The van der Waals surface area contributed by atoms with Gasteiger partial charge in [0.1, 0.15) is 0 Å². The highest BCUT2D eigenvalue weighted by Crippen LogP contribution is 2.14. The quantitative estimate of drug-likeness (QED) is 0.496. The van der Waals surface area contributed by atoms with E-state index in [2.05, 4.69) is 59.1 Å². The number of H-pyrrole nitrogens is 1. The Labute approximate surface area is 190 Å². The lowest BCUT2D eigenvalue weighted by molar-refractivity contribution is 0.263.